The number of hydrogen-bond acceptors (Lipinski definition) is 4. The summed E-state index contributed by atoms with van der Waals surface area (Å²) >= 11 is 24.9. The normalized spacial score (nSPS) is 13.0. The number of para-hydroxylation sites is 2. The standard InChI is InChI=1S/C16H10Cl4N2O2S/c17-10-5-3-4-9(8-10)13(23)22-14(16(18,19)20)25-15-21-11-6-1-2-7-12(11)24-15/h1-8,14H,(H,22,23)/t14-/m0/s1. The van der Waals surface area contributed by atoms with Crippen molar-refractivity contribution in [3.05, 3.63) is 59.1 Å². The molecule has 1 N–H and O–H groups in total. The lowest BCUT2D eigenvalue weighted by Gasteiger charge is -2.23. The Morgan fingerprint density at radius 1 is 1.16 bits per heavy atom. The van der Waals surface area contributed by atoms with Crippen molar-refractivity contribution in [3.63, 3.8) is 0 Å². The van der Waals surface area contributed by atoms with Crippen LogP contribution < -0.4 is 5.32 Å². The number of carbonyl (C=O) groups is 1. The van der Waals surface area contributed by atoms with Gasteiger partial charge < -0.3 is 9.73 Å². The summed E-state index contributed by atoms with van der Waals surface area (Å²) in [6.45, 7) is 0. The lowest BCUT2D eigenvalue weighted by atomic mass is 10.2. The minimum absolute atomic E-state index is 0.281. The smallest absolute Gasteiger partial charge is 0.258 e. The number of nitrogens with zero attached hydrogens (tertiary/aromatic N) is 1. The predicted molar refractivity (Wildman–Crippen MR) is 103 cm³/mol. The number of oxazole rings is 1. The number of rotatable bonds is 4. The Morgan fingerprint density at radius 3 is 2.60 bits per heavy atom. The van der Waals surface area contributed by atoms with Gasteiger partial charge in [0.05, 0.1) is 0 Å². The first-order valence-corrected chi connectivity index (χ1v) is 9.37. The number of aromatic nitrogens is 1. The molecule has 0 saturated carbocycles. The molecule has 1 aromatic heterocycles. The fourth-order valence-corrected chi connectivity index (χ4v) is 3.56. The van der Waals surface area contributed by atoms with Gasteiger partial charge in [-0.15, -0.1) is 0 Å². The largest absolute Gasteiger partial charge is 0.431 e. The van der Waals surface area contributed by atoms with Crippen LogP contribution in [0.2, 0.25) is 5.02 Å². The monoisotopic (exact) mass is 434 g/mol. The SMILES string of the molecule is O=C(N[C@@H](Sc1nc2ccccc2o1)C(Cl)(Cl)Cl)c1cccc(Cl)c1. The van der Waals surface area contributed by atoms with Crippen LogP contribution in [0.25, 0.3) is 11.1 Å². The highest BCUT2D eigenvalue weighted by molar-refractivity contribution is 8.00. The maximum atomic E-state index is 12.4. The van der Waals surface area contributed by atoms with Gasteiger partial charge in [0.15, 0.2) is 5.58 Å². The molecule has 4 nitrogen and oxygen atoms in total. The fourth-order valence-electron chi connectivity index (χ4n) is 2.01. The van der Waals surface area contributed by atoms with Gasteiger partial charge in [0, 0.05) is 10.6 Å². The molecule has 1 atom stereocenters. The number of amides is 1. The van der Waals surface area contributed by atoms with E-state index < -0.39 is 15.1 Å². The van der Waals surface area contributed by atoms with E-state index in [-0.39, 0.29) is 5.22 Å². The number of nitrogens with one attached hydrogen (secondary N) is 1. The van der Waals surface area contributed by atoms with Crippen molar-refractivity contribution in [2.45, 2.75) is 14.4 Å². The molecular weight excluding hydrogens is 426 g/mol. The summed E-state index contributed by atoms with van der Waals surface area (Å²) in [5.74, 6) is -0.428. The Labute approximate surface area is 167 Å². The van der Waals surface area contributed by atoms with Crippen molar-refractivity contribution in [1.82, 2.24) is 10.3 Å². The average Bonchev–Trinajstić information content (AvgIpc) is 2.95. The molecule has 0 spiro atoms. The van der Waals surface area contributed by atoms with E-state index in [9.17, 15) is 4.79 Å². The van der Waals surface area contributed by atoms with Gasteiger partial charge >= 0.3 is 0 Å². The third-order valence-corrected chi connectivity index (χ3v) is 5.50. The fraction of sp³-hybridized carbons (Fsp3) is 0.125. The Balaban J connectivity index is 1.81. The van der Waals surface area contributed by atoms with E-state index in [1.165, 1.54) is 6.07 Å². The molecule has 0 saturated heterocycles. The van der Waals surface area contributed by atoms with Crippen LogP contribution in [0.4, 0.5) is 0 Å². The second-order valence-electron chi connectivity index (χ2n) is 4.97. The van der Waals surface area contributed by atoms with Crippen LogP contribution in [-0.2, 0) is 0 Å². The molecule has 9 heteroatoms. The van der Waals surface area contributed by atoms with E-state index in [0.29, 0.717) is 21.7 Å². The van der Waals surface area contributed by atoms with E-state index in [2.05, 4.69) is 10.3 Å². The zero-order valence-corrected chi connectivity index (χ0v) is 16.2. The van der Waals surface area contributed by atoms with Crippen LogP contribution >= 0.6 is 58.2 Å². The maximum Gasteiger partial charge on any atom is 0.258 e. The predicted octanol–water partition coefficient (Wildman–Crippen LogP) is 5.70. The molecule has 0 bridgehead atoms. The highest BCUT2D eigenvalue weighted by atomic mass is 35.6. The van der Waals surface area contributed by atoms with Crippen molar-refractivity contribution in [2.24, 2.45) is 0 Å². The minimum Gasteiger partial charge on any atom is -0.431 e. The average molecular weight is 436 g/mol. The highest BCUT2D eigenvalue weighted by Crippen LogP contribution is 2.39. The van der Waals surface area contributed by atoms with E-state index in [4.69, 9.17) is 50.8 Å². The first-order chi connectivity index (χ1) is 11.8. The molecule has 1 heterocycles. The van der Waals surface area contributed by atoms with E-state index in [1.54, 1.807) is 30.3 Å². The van der Waals surface area contributed by atoms with Crippen LogP contribution in [0.3, 0.4) is 0 Å². The van der Waals surface area contributed by atoms with Crippen LogP contribution in [0.5, 0.6) is 0 Å². The third-order valence-electron chi connectivity index (χ3n) is 3.14. The molecule has 3 rings (SSSR count). The first kappa shape index (κ1) is 18.7. The van der Waals surface area contributed by atoms with Crippen LogP contribution in [-0.4, -0.2) is 20.1 Å². The van der Waals surface area contributed by atoms with Gasteiger partial charge in [-0.25, -0.2) is 4.98 Å². The molecular formula is C16H10Cl4N2O2S. The van der Waals surface area contributed by atoms with Crippen LogP contribution in [0, 0.1) is 0 Å². The van der Waals surface area contributed by atoms with E-state index in [0.717, 1.165) is 11.8 Å². The second kappa shape index (κ2) is 7.64. The molecule has 0 aliphatic rings. The second-order valence-corrected chi connectivity index (χ2v) is 8.83. The first-order valence-electron chi connectivity index (χ1n) is 6.98. The summed E-state index contributed by atoms with van der Waals surface area (Å²) in [4.78, 5) is 16.7. The lowest BCUT2D eigenvalue weighted by Crippen LogP contribution is -2.41. The number of alkyl halides is 3. The minimum atomic E-state index is -1.78. The molecule has 2 aromatic carbocycles. The molecule has 1 amide bonds. The van der Waals surface area contributed by atoms with Crippen molar-refractivity contribution in [1.29, 1.82) is 0 Å². The molecule has 25 heavy (non-hydrogen) atoms. The summed E-state index contributed by atoms with van der Waals surface area (Å²) in [6.07, 6.45) is 0. The Bertz CT molecular complexity index is 877. The zero-order valence-electron chi connectivity index (χ0n) is 12.4. The maximum absolute atomic E-state index is 12.4. The van der Waals surface area contributed by atoms with E-state index in [1.807, 2.05) is 12.1 Å². The summed E-state index contributed by atoms with van der Waals surface area (Å²) in [7, 11) is 0. The van der Waals surface area contributed by atoms with Crippen LogP contribution in [0.1, 0.15) is 10.4 Å². The molecule has 0 radical (unpaired) electrons. The van der Waals surface area contributed by atoms with Gasteiger partial charge in [0.1, 0.15) is 10.9 Å². The topological polar surface area (TPSA) is 55.1 Å². The van der Waals surface area contributed by atoms with Gasteiger partial charge in [-0.2, -0.15) is 0 Å². The molecule has 0 aliphatic heterocycles. The van der Waals surface area contributed by atoms with Gasteiger partial charge in [-0.3, -0.25) is 4.79 Å². The van der Waals surface area contributed by atoms with Crippen molar-refractivity contribution >= 4 is 75.2 Å². The summed E-state index contributed by atoms with van der Waals surface area (Å²) < 4.78 is 3.83. The lowest BCUT2D eigenvalue weighted by molar-refractivity contribution is 0.0950. The summed E-state index contributed by atoms with van der Waals surface area (Å²) in [5, 5.41) is 2.46. The quantitative estimate of drug-likeness (QED) is 0.324. The van der Waals surface area contributed by atoms with Crippen molar-refractivity contribution in [2.75, 3.05) is 0 Å². The van der Waals surface area contributed by atoms with Gasteiger partial charge in [0.25, 0.3) is 11.1 Å². The molecule has 3 aromatic rings. The Hall–Kier alpha value is -1.11. The molecule has 130 valence electrons. The number of benzene rings is 2. The molecule has 0 aliphatic carbocycles. The van der Waals surface area contributed by atoms with Gasteiger partial charge in [0.2, 0.25) is 3.79 Å². The van der Waals surface area contributed by atoms with E-state index >= 15 is 0 Å². The number of thioether (sulfide) groups is 1. The zero-order chi connectivity index (χ0) is 18.0. The van der Waals surface area contributed by atoms with Crippen LogP contribution in [0.15, 0.2) is 58.2 Å². The third kappa shape index (κ3) is 4.74. The highest BCUT2D eigenvalue weighted by Gasteiger charge is 2.36. The van der Waals surface area contributed by atoms with Gasteiger partial charge in [-0.05, 0) is 42.1 Å². The number of fused-ring (bicyclic) bond motifs is 1. The number of hydrogen-bond donors (Lipinski definition) is 1. The van der Waals surface area contributed by atoms with Gasteiger partial charge in [-0.1, -0.05) is 64.6 Å². The Kier molecular flexibility index (Phi) is 5.71. The summed E-state index contributed by atoms with van der Waals surface area (Å²) in [6, 6.07) is 13.7. The number of halogens is 4. The van der Waals surface area contributed by atoms with Crippen molar-refractivity contribution in [3.8, 4) is 0 Å². The number of carbonyl (C=O) groups excluding carboxylic acids is 1. The molecule has 0 unspecified atom stereocenters. The Morgan fingerprint density at radius 2 is 1.92 bits per heavy atom. The summed E-state index contributed by atoms with van der Waals surface area (Å²) in [5.41, 5.74) is 1.63. The molecule has 0 fully saturated rings. The van der Waals surface area contributed by atoms with Crippen molar-refractivity contribution < 1.29 is 9.21 Å².